The molecule has 3 N–H and O–H groups in total. The van der Waals surface area contributed by atoms with Gasteiger partial charge in [-0.1, -0.05) is 32.0 Å². The van der Waals surface area contributed by atoms with Gasteiger partial charge in [0.1, 0.15) is 0 Å². The lowest BCUT2D eigenvalue weighted by molar-refractivity contribution is 0.870. The summed E-state index contributed by atoms with van der Waals surface area (Å²) in [4.78, 5) is 0. The fourth-order valence-corrected chi connectivity index (χ4v) is 1.84. The summed E-state index contributed by atoms with van der Waals surface area (Å²) in [5, 5.41) is 3.37. The van der Waals surface area contributed by atoms with Crippen LogP contribution >= 0.6 is 0 Å². The second-order valence-corrected chi connectivity index (χ2v) is 4.49. The molecule has 0 atom stereocenters. The number of para-hydroxylation sites is 1. The number of hydrogen-bond acceptors (Lipinski definition) is 2. The van der Waals surface area contributed by atoms with Crippen molar-refractivity contribution >= 4 is 17.1 Å². The largest absolute Gasteiger partial charge is 0.398 e. The molecule has 2 aromatic rings. The zero-order chi connectivity index (χ0) is 12.3. The molecule has 0 saturated carbocycles. The molecule has 0 unspecified atom stereocenters. The summed E-state index contributed by atoms with van der Waals surface area (Å²) in [6.07, 6.45) is 0. The molecule has 2 heteroatoms. The van der Waals surface area contributed by atoms with Crippen molar-refractivity contribution < 1.29 is 0 Å². The van der Waals surface area contributed by atoms with E-state index in [2.05, 4.69) is 25.2 Å². The van der Waals surface area contributed by atoms with Crippen molar-refractivity contribution in [2.45, 2.75) is 19.8 Å². The molecule has 0 aliphatic rings. The lowest BCUT2D eigenvalue weighted by atomic mass is 10.0. The van der Waals surface area contributed by atoms with Gasteiger partial charge in [0.05, 0.1) is 0 Å². The summed E-state index contributed by atoms with van der Waals surface area (Å²) < 4.78 is 0. The Balaban J connectivity index is 2.26. The first-order chi connectivity index (χ1) is 8.16. The molecule has 2 aromatic carbocycles. The molecule has 0 aliphatic carbocycles. The lowest BCUT2D eigenvalue weighted by Crippen LogP contribution is -1.98. The molecule has 2 rings (SSSR count). The zero-order valence-corrected chi connectivity index (χ0v) is 10.3. The highest BCUT2D eigenvalue weighted by atomic mass is 14.9. The van der Waals surface area contributed by atoms with Gasteiger partial charge < -0.3 is 11.1 Å². The van der Waals surface area contributed by atoms with Crippen LogP contribution in [0.25, 0.3) is 0 Å². The standard InChI is InChI=1S/C15H18N2/c1-11(2)14-10-13(8-9-15(14)16)17-12-6-4-3-5-7-12/h3-11,17H,16H2,1-2H3. The highest BCUT2D eigenvalue weighted by Crippen LogP contribution is 2.26. The van der Waals surface area contributed by atoms with Gasteiger partial charge in [-0.3, -0.25) is 0 Å². The second-order valence-electron chi connectivity index (χ2n) is 4.49. The van der Waals surface area contributed by atoms with E-state index in [1.165, 1.54) is 5.56 Å². The maximum absolute atomic E-state index is 5.96. The fraction of sp³-hybridized carbons (Fsp3) is 0.200. The Bertz CT molecular complexity index is 490. The van der Waals surface area contributed by atoms with Crippen molar-refractivity contribution in [3.05, 3.63) is 54.1 Å². The van der Waals surface area contributed by atoms with Crippen molar-refractivity contribution in [1.29, 1.82) is 0 Å². The van der Waals surface area contributed by atoms with Crippen LogP contribution in [0.1, 0.15) is 25.3 Å². The Hall–Kier alpha value is -1.96. The predicted molar refractivity (Wildman–Crippen MR) is 74.7 cm³/mol. The maximum Gasteiger partial charge on any atom is 0.0388 e. The SMILES string of the molecule is CC(C)c1cc(Nc2ccccc2)ccc1N. The van der Waals surface area contributed by atoms with E-state index in [0.717, 1.165) is 17.1 Å². The Morgan fingerprint density at radius 1 is 0.941 bits per heavy atom. The van der Waals surface area contributed by atoms with Gasteiger partial charge in [-0.2, -0.15) is 0 Å². The quantitative estimate of drug-likeness (QED) is 0.772. The van der Waals surface area contributed by atoms with Gasteiger partial charge in [0.15, 0.2) is 0 Å². The summed E-state index contributed by atoms with van der Waals surface area (Å²) in [5.74, 6) is 0.438. The molecule has 88 valence electrons. The van der Waals surface area contributed by atoms with Crippen molar-refractivity contribution in [2.24, 2.45) is 0 Å². The van der Waals surface area contributed by atoms with Gasteiger partial charge in [-0.15, -0.1) is 0 Å². The Morgan fingerprint density at radius 3 is 2.29 bits per heavy atom. The minimum Gasteiger partial charge on any atom is -0.398 e. The molecule has 0 fully saturated rings. The average molecular weight is 226 g/mol. The minimum absolute atomic E-state index is 0.438. The van der Waals surface area contributed by atoms with Crippen LogP contribution in [-0.4, -0.2) is 0 Å². The molecule has 0 aliphatic heterocycles. The molecule has 0 aromatic heterocycles. The third-order valence-corrected chi connectivity index (χ3v) is 2.77. The lowest BCUT2D eigenvalue weighted by Gasteiger charge is -2.13. The van der Waals surface area contributed by atoms with E-state index in [9.17, 15) is 0 Å². The molecule has 0 amide bonds. The first kappa shape index (κ1) is 11.5. The van der Waals surface area contributed by atoms with E-state index in [-0.39, 0.29) is 0 Å². The number of anilines is 3. The Kier molecular flexibility index (Phi) is 3.33. The van der Waals surface area contributed by atoms with Crippen molar-refractivity contribution in [3.8, 4) is 0 Å². The normalized spacial score (nSPS) is 10.5. The highest BCUT2D eigenvalue weighted by molar-refractivity contribution is 5.64. The van der Waals surface area contributed by atoms with Crippen molar-refractivity contribution in [1.82, 2.24) is 0 Å². The smallest absolute Gasteiger partial charge is 0.0388 e. The zero-order valence-electron chi connectivity index (χ0n) is 10.3. The van der Waals surface area contributed by atoms with Crippen LogP contribution in [0.15, 0.2) is 48.5 Å². The van der Waals surface area contributed by atoms with E-state index in [1.54, 1.807) is 0 Å². The van der Waals surface area contributed by atoms with Crippen LogP contribution in [0.5, 0.6) is 0 Å². The topological polar surface area (TPSA) is 38.0 Å². The second kappa shape index (κ2) is 4.91. The van der Waals surface area contributed by atoms with Gasteiger partial charge in [-0.25, -0.2) is 0 Å². The first-order valence-electron chi connectivity index (χ1n) is 5.88. The van der Waals surface area contributed by atoms with E-state index in [0.29, 0.717) is 5.92 Å². The summed E-state index contributed by atoms with van der Waals surface area (Å²) in [5.41, 5.74) is 10.2. The Morgan fingerprint density at radius 2 is 1.65 bits per heavy atom. The van der Waals surface area contributed by atoms with Crippen molar-refractivity contribution in [3.63, 3.8) is 0 Å². The van der Waals surface area contributed by atoms with Crippen LogP contribution in [0.4, 0.5) is 17.1 Å². The van der Waals surface area contributed by atoms with E-state index >= 15 is 0 Å². The number of hydrogen-bond donors (Lipinski definition) is 2. The molecular formula is C15H18N2. The number of nitrogen functional groups attached to an aromatic ring is 1. The predicted octanol–water partition coefficient (Wildman–Crippen LogP) is 4.14. The maximum atomic E-state index is 5.96. The molecule has 0 spiro atoms. The summed E-state index contributed by atoms with van der Waals surface area (Å²) >= 11 is 0. The average Bonchev–Trinajstić information content (AvgIpc) is 2.32. The van der Waals surface area contributed by atoms with Crippen LogP contribution in [-0.2, 0) is 0 Å². The van der Waals surface area contributed by atoms with Crippen LogP contribution < -0.4 is 11.1 Å². The molecule has 17 heavy (non-hydrogen) atoms. The number of nitrogens with one attached hydrogen (secondary N) is 1. The Labute approximate surface area is 102 Å². The van der Waals surface area contributed by atoms with Crippen LogP contribution in [0.3, 0.4) is 0 Å². The number of benzene rings is 2. The van der Waals surface area contributed by atoms with Gasteiger partial charge >= 0.3 is 0 Å². The number of rotatable bonds is 3. The third-order valence-electron chi connectivity index (χ3n) is 2.77. The number of nitrogens with two attached hydrogens (primary N) is 1. The van der Waals surface area contributed by atoms with Gasteiger partial charge in [0.2, 0.25) is 0 Å². The molecule has 0 radical (unpaired) electrons. The summed E-state index contributed by atoms with van der Waals surface area (Å²) in [6.45, 7) is 4.30. The third kappa shape index (κ3) is 2.78. The molecule has 0 bridgehead atoms. The molecule has 0 heterocycles. The molecule has 0 saturated heterocycles. The van der Waals surface area contributed by atoms with Gasteiger partial charge in [0.25, 0.3) is 0 Å². The van der Waals surface area contributed by atoms with E-state index < -0.39 is 0 Å². The molecular weight excluding hydrogens is 208 g/mol. The first-order valence-corrected chi connectivity index (χ1v) is 5.88. The van der Waals surface area contributed by atoms with Gasteiger partial charge in [-0.05, 0) is 41.8 Å². The highest BCUT2D eigenvalue weighted by Gasteiger charge is 2.05. The fourth-order valence-electron chi connectivity index (χ4n) is 1.84. The minimum atomic E-state index is 0.438. The molecule has 2 nitrogen and oxygen atoms in total. The van der Waals surface area contributed by atoms with Crippen molar-refractivity contribution in [2.75, 3.05) is 11.1 Å². The van der Waals surface area contributed by atoms with E-state index in [1.807, 2.05) is 42.5 Å². The van der Waals surface area contributed by atoms with Crippen LogP contribution in [0, 0.1) is 0 Å². The summed E-state index contributed by atoms with van der Waals surface area (Å²) in [6, 6.07) is 16.2. The monoisotopic (exact) mass is 226 g/mol. The van der Waals surface area contributed by atoms with Gasteiger partial charge in [0, 0.05) is 17.1 Å². The summed E-state index contributed by atoms with van der Waals surface area (Å²) in [7, 11) is 0. The van der Waals surface area contributed by atoms with E-state index in [4.69, 9.17) is 5.73 Å². The van der Waals surface area contributed by atoms with Crippen LogP contribution in [0.2, 0.25) is 0 Å².